The van der Waals surface area contributed by atoms with Crippen LogP contribution in [0.5, 0.6) is 0 Å². The van der Waals surface area contributed by atoms with Gasteiger partial charge < -0.3 is 10.2 Å². The molecule has 16 heavy (non-hydrogen) atoms. The summed E-state index contributed by atoms with van der Waals surface area (Å²) in [7, 11) is 1.84. The first kappa shape index (κ1) is 11.1. The van der Waals surface area contributed by atoms with Gasteiger partial charge in [0.1, 0.15) is 0 Å². The van der Waals surface area contributed by atoms with Gasteiger partial charge in [-0.15, -0.1) is 0 Å². The number of carbonyl (C=O) groups excluding carboxylic acids is 1. The van der Waals surface area contributed by atoms with Crippen molar-refractivity contribution in [2.75, 3.05) is 13.6 Å². The van der Waals surface area contributed by atoms with Crippen LogP contribution in [-0.2, 0) is 11.3 Å². The lowest BCUT2D eigenvalue weighted by atomic mass is 10.0. The molecule has 1 atom stereocenters. The molecule has 86 valence electrons. The Labute approximate surface area is 95.7 Å². The van der Waals surface area contributed by atoms with Crippen molar-refractivity contribution in [1.82, 2.24) is 15.2 Å². The number of aromatic nitrogens is 1. The van der Waals surface area contributed by atoms with Gasteiger partial charge in [-0.05, 0) is 32.0 Å². The third kappa shape index (κ3) is 2.39. The number of piperidine rings is 1. The standard InChI is InChI=1S/C12H17N3O/c1-13-11-6-4-8-15(12(11)16)9-10-5-2-3-7-14-10/h2-3,5,7,11,13H,4,6,8-9H2,1H3. The van der Waals surface area contributed by atoms with E-state index < -0.39 is 0 Å². The molecule has 2 heterocycles. The third-order valence-electron chi connectivity index (χ3n) is 2.96. The van der Waals surface area contributed by atoms with Crippen molar-refractivity contribution in [3.63, 3.8) is 0 Å². The molecule has 0 bridgehead atoms. The molecule has 1 aliphatic heterocycles. The number of pyridine rings is 1. The van der Waals surface area contributed by atoms with Gasteiger partial charge in [0.15, 0.2) is 0 Å². The normalized spacial score (nSPS) is 21.2. The van der Waals surface area contributed by atoms with Gasteiger partial charge >= 0.3 is 0 Å². The number of likely N-dealkylation sites (tertiary alicyclic amines) is 1. The molecule has 1 unspecified atom stereocenters. The summed E-state index contributed by atoms with van der Waals surface area (Å²) in [6, 6.07) is 5.78. The number of nitrogens with zero attached hydrogens (tertiary/aromatic N) is 2. The topological polar surface area (TPSA) is 45.2 Å². The third-order valence-corrected chi connectivity index (χ3v) is 2.96. The Morgan fingerprint density at radius 1 is 1.56 bits per heavy atom. The first-order valence-electron chi connectivity index (χ1n) is 5.67. The lowest BCUT2D eigenvalue weighted by Crippen LogP contribution is -2.49. The molecule has 1 aliphatic rings. The Bertz CT molecular complexity index is 353. The zero-order valence-corrected chi connectivity index (χ0v) is 9.52. The van der Waals surface area contributed by atoms with Crippen LogP contribution in [0.25, 0.3) is 0 Å². The van der Waals surface area contributed by atoms with E-state index >= 15 is 0 Å². The van der Waals surface area contributed by atoms with Gasteiger partial charge in [-0.1, -0.05) is 6.07 Å². The maximum Gasteiger partial charge on any atom is 0.240 e. The quantitative estimate of drug-likeness (QED) is 0.817. The van der Waals surface area contributed by atoms with Gasteiger partial charge in [0, 0.05) is 12.7 Å². The molecule has 0 aromatic carbocycles. The van der Waals surface area contributed by atoms with Crippen molar-refractivity contribution in [3.05, 3.63) is 30.1 Å². The summed E-state index contributed by atoms with van der Waals surface area (Å²) in [6.45, 7) is 1.46. The molecule has 4 nitrogen and oxygen atoms in total. The predicted octanol–water partition coefficient (Wildman–Crippen LogP) is 0.792. The predicted molar refractivity (Wildman–Crippen MR) is 61.7 cm³/mol. The Hall–Kier alpha value is -1.42. The maximum atomic E-state index is 12.0. The molecule has 2 rings (SSSR count). The van der Waals surface area contributed by atoms with E-state index in [1.165, 1.54) is 0 Å². The van der Waals surface area contributed by atoms with Crippen LogP contribution in [0.2, 0.25) is 0 Å². The molecule has 1 fully saturated rings. The Balaban J connectivity index is 2.02. The van der Waals surface area contributed by atoms with Crippen LogP contribution in [0, 0.1) is 0 Å². The van der Waals surface area contributed by atoms with Crippen LogP contribution < -0.4 is 5.32 Å². The molecule has 1 N–H and O–H groups in total. The number of nitrogens with one attached hydrogen (secondary N) is 1. The van der Waals surface area contributed by atoms with Gasteiger partial charge in [0.2, 0.25) is 5.91 Å². The van der Waals surface area contributed by atoms with Crippen molar-refractivity contribution < 1.29 is 4.79 Å². The second kappa shape index (κ2) is 5.07. The van der Waals surface area contributed by atoms with Crippen molar-refractivity contribution in [3.8, 4) is 0 Å². The van der Waals surface area contributed by atoms with Gasteiger partial charge in [0.25, 0.3) is 0 Å². The van der Waals surface area contributed by atoms with Gasteiger partial charge in [-0.2, -0.15) is 0 Å². The summed E-state index contributed by atoms with van der Waals surface area (Å²) in [5.74, 6) is 0.194. The average Bonchev–Trinajstić information content (AvgIpc) is 2.33. The summed E-state index contributed by atoms with van der Waals surface area (Å²) < 4.78 is 0. The molecule has 4 heteroatoms. The SMILES string of the molecule is CNC1CCCN(Cc2ccccn2)C1=O. The molecular weight excluding hydrogens is 202 g/mol. The van der Waals surface area contributed by atoms with E-state index in [0.717, 1.165) is 25.1 Å². The van der Waals surface area contributed by atoms with Crippen LogP contribution in [0.1, 0.15) is 18.5 Å². The van der Waals surface area contributed by atoms with Crippen LogP contribution in [0.15, 0.2) is 24.4 Å². The van der Waals surface area contributed by atoms with E-state index in [0.29, 0.717) is 6.54 Å². The highest BCUT2D eigenvalue weighted by molar-refractivity contribution is 5.82. The summed E-state index contributed by atoms with van der Waals surface area (Å²) in [5.41, 5.74) is 0.951. The minimum Gasteiger partial charge on any atom is -0.335 e. The fourth-order valence-corrected chi connectivity index (χ4v) is 2.05. The van der Waals surface area contributed by atoms with Crippen LogP contribution in [0.4, 0.5) is 0 Å². The monoisotopic (exact) mass is 219 g/mol. The Kier molecular flexibility index (Phi) is 3.51. The summed E-state index contributed by atoms with van der Waals surface area (Å²) >= 11 is 0. The number of hydrogen-bond acceptors (Lipinski definition) is 3. The minimum absolute atomic E-state index is 0.0162. The lowest BCUT2D eigenvalue weighted by molar-refractivity contribution is -0.136. The Morgan fingerprint density at radius 2 is 2.44 bits per heavy atom. The first-order valence-corrected chi connectivity index (χ1v) is 5.67. The van der Waals surface area contributed by atoms with E-state index in [1.54, 1.807) is 6.20 Å². The van der Waals surface area contributed by atoms with Gasteiger partial charge in [0.05, 0.1) is 18.3 Å². The second-order valence-electron chi connectivity index (χ2n) is 4.06. The largest absolute Gasteiger partial charge is 0.335 e. The zero-order valence-electron chi connectivity index (χ0n) is 9.52. The summed E-state index contributed by atoms with van der Waals surface area (Å²) in [6.07, 6.45) is 3.76. The zero-order chi connectivity index (χ0) is 11.4. The molecule has 0 radical (unpaired) electrons. The molecular formula is C12H17N3O. The number of amides is 1. The van der Waals surface area contributed by atoms with E-state index in [2.05, 4.69) is 10.3 Å². The smallest absolute Gasteiger partial charge is 0.240 e. The van der Waals surface area contributed by atoms with Crippen molar-refractivity contribution >= 4 is 5.91 Å². The number of carbonyl (C=O) groups is 1. The number of hydrogen-bond donors (Lipinski definition) is 1. The van der Waals surface area contributed by atoms with Crippen molar-refractivity contribution in [2.45, 2.75) is 25.4 Å². The minimum atomic E-state index is -0.0162. The molecule has 1 amide bonds. The average molecular weight is 219 g/mol. The highest BCUT2D eigenvalue weighted by Crippen LogP contribution is 2.13. The van der Waals surface area contributed by atoms with Crippen LogP contribution in [-0.4, -0.2) is 35.4 Å². The molecule has 0 saturated carbocycles. The number of rotatable bonds is 3. The van der Waals surface area contributed by atoms with Crippen molar-refractivity contribution in [1.29, 1.82) is 0 Å². The molecule has 0 spiro atoms. The second-order valence-corrected chi connectivity index (χ2v) is 4.06. The first-order chi connectivity index (χ1) is 7.81. The van der Waals surface area contributed by atoms with Crippen LogP contribution >= 0.6 is 0 Å². The van der Waals surface area contributed by atoms with E-state index in [9.17, 15) is 4.79 Å². The highest BCUT2D eigenvalue weighted by atomic mass is 16.2. The van der Waals surface area contributed by atoms with Crippen molar-refractivity contribution in [2.24, 2.45) is 0 Å². The van der Waals surface area contributed by atoms with Gasteiger partial charge in [-0.3, -0.25) is 9.78 Å². The Morgan fingerprint density at radius 3 is 3.12 bits per heavy atom. The van der Waals surface area contributed by atoms with E-state index in [1.807, 2.05) is 30.1 Å². The summed E-state index contributed by atoms with van der Waals surface area (Å²) in [5, 5.41) is 3.06. The highest BCUT2D eigenvalue weighted by Gasteiger charge is 2.27. The van der Waals surface area contributed by atoms with Crippen LogP contribution in [0.3, 0.4) is 0 Å². The van der Waals surface area contributed by atoms with E-state index in [-0.39, 0.29) is 11.9 Å². The number of likely N-dealkylation sites (N-methyl/N-ethyl adjacent to an activating group) is 1. The molecule has 0 aliphatic carbocycles. The molecule has 1 aromatic rings. The fraction of sp³-hybridized carbons (Fsp3) is 0.500. The fourth-order valence-electron chi connectivity index (χ4n) is 2.05. The molecule has 1 saturated heterocycles. The summed E-state index contributed by atoms with van der Waals surface area (Å²) in [4.78, 5) is 18.1. The van der Waals surface area contributed by atoms with Gasteiger partial charge in [-0.25, -0.2) is 0 Å². The maximum absolute atomic E-state index is 12.0. The van der Waals surface area contributed by atoms with E-state index in [4.69, 9.17) is 0 Å². The molecule has 1 aromatic heterocycles. The lowest BCUT2D eigenvalue weighted by Gasteiger charge is -2.31.